The molecule has 0 radical (unpaired) electrons. The third-order valence-electron chi connectivity index (χ3n) is 4.37. The number of morpholine rings is 1. The lowest BCUT2D eigenvalue weighted by Gasteiger charge is -2.26. The van der Waals surface area contributed by atoms with Gasteiger partial charge < -0.3 is 23.8 Å². The third-order valence-corrected chi connectivity index (χ3v) is 4.37. The van der Waals surface area contributed by atoms with E-state index < -0.39 is 0 Å². The number of aromatic nitrogens is 2. The summed E-state index contributed by atoms with van der Waals surface area (Å²) >= 11 is 0. The molecule has 1 aliphatic heterocycles. The molecule has 0 spiro atoms. The maximum atomic E-state index is 12.5. The zero-order valence-electron chi connectivity index (χ0n) is 16.7. The van der Waals surface area contributed by atoms with Gasteiger partial charge in [-0.1, -0.05) is 0 Å². The predicted octanol–water partition coefficient (Wildman–Crippen LogP) is 2.24. The Hall–Kier alpha value is -2.97. The van der Waals surface area contributed by atoms with E-state index in [1.807, 2.05) is 0 Å². The predicted molar refractivity (Wildman–Crippen MR) is 109 cm³/mol. The van der Waals surface area contributed by atoms with E-state index in [-0.39, 0.29) is 5.78 Å². The maximum absolute atomic E-state index is 12.5. The number of carbonyl (C=O) groups excluding carboxylic acids is 1. The summed E-state index contributed by atoms with van der Waals surface area (Å²) in [4.78, 5) is 23.3. The van der Waals surface area contributed by atoms with Crippen LogP contribution in [0, 0.1) is 0 Å². The topological polar surface area (TPSA) is 83.0 Å². The van der Waals surface area contributed by atoms with Crippen LogP contribution in [0.1, 0.15) is 15.9 Å². The van der Waals surface area contributed by atoms with Crippen LogP contribution in [0.2, 0.25) is 0 Å². The quantitative estimate of drug-likeness (QED) is 0.361. The highest BCUT2D eigenvalue weighted by Crippen LogP contribution is 2.28. The van der Waals surface area contributed by atoms with Gasteiger partial charge >= 0.3 is 0 Å². The van der Waals surface area contributed by atoms with Crippen LogP contribution in [0.4, 0.5) is 5.95 Å². The number of benzene rings is 1. The average molecular weight is 399 g/mol. The highest BCUT2D eigenvalue weighted by atomic mass is 16.5. The molecule has 0 bridgehead atoms. The Morgan fingerprint density at radius 1 is 1.14 bits per heavy atom. The van der Waals surface area contributed by atoms with Gasteiger partial charge in [0.2, 0.25) is 5.95 Å². The summed E-state index contributed by atoms with van der Waals surface area (Å²) in [6, 6.07) is 5.08. The van der Waals surface area contributed by atoms with Crippen molar-refractivity contribution in [2.24, 2.45) is 0 Å². The molecule has 3 rings (SSSR count). The van der Waals surface area contributed by atoms with Crippen molar-refractivity contribution in [1.29, 1.82) is 0 Å². The smallest absolute Gasteiger partial charge is 0.225 e. The van der Waals surface area contributed by atoms with Crippen LogP contribution >= 0.6 is 0 Å². The Bertz CT molecular complexity index is 833. The molecule has 8 heteroatoms. The van der Waals surface area contributed by atoms with Crippen molar-refractivity contribution >= 4 is 17.8 Å². The van der Waals surface area contributed by atoms with E-state index in [2.05, 4.69) is 14.9 Å². The molecule has 2 aromatic rings. The van der Waals surface area contributed by atoms with Crippen molar-refractivity contribution in [1.82, 2.24) is 9.97 Å². The van der Waals surface area contributed by atoms with E-state index in [1.165, 1.54) is 13.2 Å². The van der Waals surface area contributed by atoms with Crippen LogP contribution in [0.3, 0.4) is 0 Å². The molecule has 1 aliphatic rings. The van der Waals surface area contributed by atoms with Gasteiger partial charge in [-0.3, -0.25) is 4.79 Å². The zero-order valence-corrected chi connectivity index (χ0v) is 16.7. The SMILES string of the molecule is COCCOc1ccc(C(=O)/C=C/c2cnc(N3CCOCC3)nc2)cc1OC. The van der Waals surface area contributed by atoms with Gasteiger partial charge in [-0.15, -0.1) is 0 Å². The van der Waals surface area contributed by atoms with Crippen molar-refractivity contribution < 1.29 is 23.7 Å². The first-order valence-electron chi connectivity index (χ1n) is 9.38. The fourth-order valence-electron chi connectivity index (χ4n) is 2.79. The average Bonchev–Trinajstić information content (AvgIpc) is 2.78. The first-order valence-corrected chi connectivity index (χ1v) is 9.38. The van der Waals surface area contributed by atoms with Gasteiger partial charge in [0.15, 0.2) is 17.3 Å². The van der Waals surface area contributed by atoms with Crippen LogP contribution < -0.4 is 14.4 Å². The minimum absolute atomic E-state index is 0.149. The molecule has 0 atom stereocenters. The van der Waals surface area contributed by atoms with Gasteiger partial charge in [0.25, 0.3) is 0 Å². The Morgan fingerprint density at radius 2 is 1.90 bits per heavy atom. The molecular formula is C21H25N3O5. The highest BCUT2D eigenvalue weighted by Gasteiger charge is 2.13. The number of carbonyl (C=O) groups is 1. The Labute approximate surface area is 170 Å². The second-order valence-electron chi connectivity index (χ2n) is 6.32. The summed E-state index contributed by atoms with van der Waals surface area (Å²) in [5.74, 6) is 1.59. The van der Waals surface area contributed by atoms with E-state index in [4.69, 9.17) is 18.9 Å². The molecule has 1 aromatic heterocycles. The fraction of sp³-hybridized carbons (Fsp3) is 0.381. The molecule has 1 aromatic carbocycles. The van der Waals surface area contributed by atoms with Crippen LogP contribution in [0.15, 0.2) is 36.7 Å². The molecular weight excluding hydrogens is 374 g/mol. The van der Waals surface area contributed by atoms with Gasteiger partial charge in [-0.2, -0.15) is 0 Å². The lowest BCUT2D eigenvalue weighted by atomic mass is 10.1. The van der Waals surface area contributed by atoms with Crippen molar-refractivity contribution in [3.05, 3.63) is 47.8 Å². The minimum Gasteiger partial charge on any atom is -0.493 e. The van der Waals surface area contributed by atoms with Crippen molar-refractivity contribution in [3.8, 4) is 11.5 Å². The van der Waals surface area contributed by atoms with E-state index >= 15 is 0 Å². The summed E-state index contributed by atoms with van der Waals surface area (Å²) < 4.78 is 21.2. The molecule has 29 heavy (non-hydrogen) atoms. The molecule has 154 valence electrons. The lowest BCUT2D eigenvalue weighted by molar-refractivity contribution is 0.104. The second-order valence-corrected chi connectivity index (χ2v) is 6.32. The number of ketones is 1. The zero-order chi connectivity index (χ0) is 20.5. The number of allylic oxidation sites excluding steroid dienone is 1. The Morgan fingerprint density at radius 3 is 2.59 bits per heavy atom. The number of hydrogen-bond donors (Lipinski definition) is 0. The summed E-state index contributed by atoms with van der Waals surface area (Å²) in [6.45, 7) is 3.79. The van der Waals surface area contributed by atoms with Crippen LogP contribution in [-0.4, -0.2) is 69.5 Å². The number of methoxy groups -OCH3 is 2. The summed E-state index contributed by atoms with van der Waals surface area (Å²) in [5.41, 5.74) is 1.25. The van der Waals surface area contributed by atoms with Gasteiger partial charge in [0, 0.05) is 43.7 Å². The Kier molecular flexibility index (Phi) is 7.54. The fourth-order valence-corrected chi connectivity index (χ4v) is 2.79. The number of ether oxygens (including phenoxy) is 4. The maximum Gasteiger partial charge on any atom is 0.225 e. The summed E-state index contributed by atoms with van der Waals surface area (Å²) in [6.07, 6.45) is 6.60. The van der Waals surface area contributed by atoms with E-state index in [0.29, 0.717) is 49.4 Å². The number of anilines is 1. The van der Waals surface area contributed by atoms with E-state index in [0.717, 1.165) is 18.7 Å². The molecule has 0 aliphatic carbocycles. The molecule has 8 nitrogen and oxygen atoms in total. The Balaban J connectivity index is 1.63. The number of nitrogens with zero attached hydrogens (tertiary/aromatic N) is 3. The molecule has 1 saturated heterocycles. The molecule has 0 unspecified atom stereocenters. The third kappa shape index (κ3) is 5.75. The molecule has 0 amide bonds. The second kappa shape index (κ2) is 10.5. The van der Waals surface area contributed by atoms with Crippen molar-refractivity contribution in [2.45, 2.75) is 0 Å². The molecule has 2 heterocycles. The van der Waals surface area contributed by atoms with Crippen LogP contribution in [0.5, 0.6) is 11.5 Å². The normalized spacial score (nSPS) is 14.2. The van der Waals surface area contributed by atoms with Crippen molar-refractivity contribution in [3.63, 3.8) is 0 Å². The van der Waals surface area contributed by atoms with Gasteiger partial charge in [-0.25, -0.2) is 9.97 Å². The lowest BCUT2D eigenvalue weighted by Crippen LogP contribution is -2.37. The molecule has 0 N–H and O–H groups in total. The van der Waals surface area contributed by atoms with Crippen molar-refractivity contribution in [2.75, 3.05) is 58.6 Å². The number of hydrogen-bond acceptors (Lipinski definition) is 8. The molecule has 1 fully saturated rings. The minimum atomic E-state index is -0.149. The standard InChI is InChI=1S/C21H25N3O5/c1-26-11-12-29-19-6-4-17(13-20(19)27-2)18(25)5-3-16-14-22-21(23-15-16)24-7-9-28-10-8-24/h3-6,13-15H,7-12H2,1-2H3/b5-3+. The summed E-state index contributed by atoms with van der Waals surface area (Å²) in [7, 11) is 3.14. The van der Waals surface area contributed by atoms with Gasteiger partial charge in [-0.05, 0) is 30.4 Å². The van der Waals surface area contributed by atoms with Gasteiger partial charge in [0.05, 0.1) is 26.9 Å². The monoisotopic (exact) mass is 399 g/mol. The van der Waals surface area contributed by atoms with Gasteiger partial charge in [0.1, 0.15) is 6.61 Å². The van der Waals surface area contributed by atoms with Crippen LogP contribution in [-0.2, 0) is 9.47 Å². The van der Waals surface area contributed by atoms with E-state index in [9.17, 15) is 4.79 Å². The van der Waals surface area contributed by atoms with Crippen LogP contribution in [0.25, 0.3) is 6.08 Å². The first kappa shape index (κ1) is 20.8. The first-order chi connectivity index (χ1) is 14.2. The summed E-state index contributed by atoms with van der Waals surface area (Å²) in [5, 5.41) is 0. The molecule has 0 saturated carbocycles. The number of rotatable bonds is 9. The van der Waals surface area contributed by atoms with E-state index in [1.54, 1.807) is 43.8 Å². The highest BCUT2D eigenvalue weighted by molar-refractivity contribution is 6.07. The largest absolute Gasteiger partial charge is 0.493 e.